The highest BCUT2D eigenvalue weighted by Crippen LogP contribution is 2.45. The molecule has 44 heavy (non-hydrogen) atoms. The molecule has 230 valence electrons. The number of thioether (sulfide) groups is 1. The van der Waals surface area contributed by atoms with Gasteiger partial charge in [0.1, 0.15) is 5.75 Å². The van der Waals surface area contributed by atoms with Crippen LogP contribution < -0.4 is 15.0 Å². The molecule has 1 unspecified atom stereocenters. The number of nitrogens with one attached hydrogen (secondary N) is 1. The Morgan fingerprint density at radius 3 is 2.70 bits per heavy atom. The quantitative estimate of drug-likeness (QED) is 0.215. The summed E-state index contributed by atoms with van der Waals surface area (Å²) < 4.78 is 13.6. The van der Waals surface area contributed by atoms with Gasteiger partial charge in [-0.2, -0.15) is 5.10 Å². The molecule has 1 aliphatic heterocycles. The van der Waals surface area contributed by atoms with Crippen molar-refractivity contribution in [3.05, 3.63) is 94.8 Å². The van der Waals surface area contributed by atoms with Crippen molar-refractivity contribution < 1.29 is 24.2 Å². The van der Waals surface area contributed by atoms with Crippen LogP contribution in [0.15, 0.2) is 78.0 Å². The minimum absolute atomic E-state index is 0.149. The lowest BCUT2D eigenvalue weighted by Gasteiger charge is -2.34. The molecule has 0 bridgehead atoms. The van der Waals surface area contributed by atoms with Gasteiger partial charge in [-0.3, -0.25) is 14.4 Å². The molecule has 0 aliphatic carbocycles. The maximum absolute atomic E-state index is 13.1. The van der Waals surface area contributed by atoms with Gasteiger partial charge in [0.05, 0.1) is 37.2 Å². The number of hydrogen-bond donors (Lipinski definition) is 2. The van der Waals surface area contributed by atoms with Crippen molar-refractivity contribution in [1.82, 2.24) is 15.1 Å². The molecule has 2 amide bonds. The maximum atomic E-state index is 13.1. The fraction of sp³-hybridized carbons (Fsp3) is 0.303. The molecule has 1 atom stereocenters. The first-order valence-corrected chi connectivity index (χ1v) is 15.6. The first-order valence-electron chi connectivity index (χ1n) is 14.3. The van der Waals surface area contributed by atoms with Crippen molar-refractivity contribution in [1.29, 1.82) is 0 Å². The highest BCUT2D eigenvalue weighted by molar-refractivity contribution is 8.00. The lowest BCUT2D eigenvalue weighted by molar-refractivity contribution is 0.0694. The highest BCUT2D eigenvalue weighted by atomic mass is 35.5. The van der Waals surface area contributed by atoms with E-state index in [2.05, 4.69) is 10.4 Å². The van der Waals surface area contributed by atoms with E-state index in [9.17, 15) is 14.7 Å². The van der Waals surface area contributed by atoms with Gasteiger partial charge in [-0.05, 0) is 63.6 Å². The van der Waals surface area contributed by atoms with E-state index in [1.165, 1.54) is 11.8 Å². The van der Waals surface area contributed by atoms with Crippen molar-refractivity contribution >= 4 is 41.1 Å². The van der Waals surface area contributed by atoms with Crippen molar-refractivity contribution in [2.45, 2.75) is 50.2 Å². The van der Waals surface area contributed by atoms with Gasteiger partial charge >= 0.3 is 6.09 Å². The van der Waals surface area contributed by atoms with Gasteiger partial charge in [-0.1, -0.05) is 53.7 Å². The number of carbonyl (C=O) groups is 2. The molecule has 5 rings (SSSR count). The molecule has 0 saturated carbocycles. The fourth-order valence-electron chi connectivity index (χ4n) is 4.78. The van der Waals surface area contributed by atoms with Crippen LogP contribution in [0.4, 0.5) is 10.5 Å². The van der Waals surface area contributed by atoms with Gasteiger partial charge in [0, 0.05) is 44.9 Å². The van der Waals surface area contributed by atoms with E-state index in [1.807, 2.05) is 72.4 Å². The number of ether oxygens (including phenoxy) is 2. The summed E-state index contributed by atoms with van der Waals surface area (Å²) in [6, 6.07) is 18.7. The van der Waals surface area contributed by atoms with E-state index >= 15 is 0 Å². The SMILES string of the molecule is CCOC(=O)N1CC(Oc2cccc(Cl)c2C)Sc2c(-c3cnn(Cc4cccc(C(=O)NCC(C)(C)O)c4)c3)cccc21. The smallest absolute Gasteiger partial charge is 0.414 e. The van der Waals surface area contributed by atoms with E-state index < -0.39 is 17.1 Å². The number of fused-ring (bicyclic) bond motifs is 1. The summed E-state index contributed by atoms with van der Waals surface area (Å²) in [6.07, 6.45) is 3.29. The first kappa shape index (κ1) is 31.4. The van der Waals surface area contributed by atoms with Gasteiger partial charge in [0.15, 0.2) is 5.44 Å². The Hall–Kier alpha value is -3.99. The second-order valence-corrected chi connectivity index (χ2v) is 12.7. The molecular formula is C33H35ClN4O5S. The van der Waals surface area contributed by atoms with Crippen LogP contribution in [-0.2, 0) is 11.3 Å². The van der Waals surface area contributed by atoms with Gasteiger partial charge < -0.3 is 19.9 Å². The molecule has 0 radical (unpaired) electrons. The zero-order valence-electron chi connectivity index (χ0n) is 25.0. The number of anilines is 1. The van der Waals surface area contributed by atoms with Gasteiger partial charge in [-0.15, -0.1) is 0 Å². The second-order valence-electron chi connectivity index (χ2n) is 11.1. The van der Waals surface area contributed by atoms with Crippen LogP contribution >= 0.6 is 23.4 Å². The highest BCUT2D eigenvalue weighted by Gasteiger charge is 2.33. The lowest BCUT2D eigenvalue weighted by atomic mass is 10.1. The fourth-order valence-corrected chi connectivity index (χ4v) is 6.20. The number of rotatable bonds is 9. The monoisotopic (exact) mass is 634 g/mol. The summed E-state index contributed by atoms with van der Waals surface area (Å²) in [4.78, 5) is 28.2. The Morgan fingerprint density at radius 1 is 1.16 bits per heavy atom. The predicted octanol–water partition coefficient (Wildman–Crippen LogP) is 6.53. The third kappa shape index (κ3) is 7.38. The van der Waals surface area contributed by atoms with Crippen molar-refractivity contribution in [3.8, 4) is 16.9 Å². The number of aliphatic hydroxyl groups is 1. The predicted molar refractivity (Wildman–Crippen MR) is 173 cm³/mol. The number of benzene rings is 3. The number of amides is 2. The molecule has 2 N–H and O–H groups in total. The molecule has 0 fully saturated rings. The lowest BCUT2D eigenvalue weighted by Crippen LogP contribution is -2.42. The van der Waals surface area contributed by atoms with Gasteiger partial charge in [0.25, 0.3) is 5.91 Å². The summed E-state index contributed by atoms with van der Waals surface area (Å²) in [5.41, 5.74) is 3.35. The average Bonchev–Trinajstić information content (AvgIpc) is 3.45. The number of halogens is 1. The molecular weight excluding hydrogens is 600 g/mol. The largest absolute Gasteiger partial charge is 0.477 e. The van der Waals surface area contributed by atoms with E-state index in [0.29, 0.717) is 29.4 Å². The normalized spacial score (nSPS) is 14.6. The summed E-state index contributed by atoms with van der Waals surface area (Å²) in [6.45, 7) is 8.12. The van der Waals surface area contributed by atoms with E-state index in [0.717, 1.165) is 32.8 Å². The van der Waals surface area contributed by atoms with Crippen molar-refractivity contribution in [3.63, 3.8) is 0 Å². The molecule has 0 saturated heterocycles. The van der Waals surface area contributed by atoms with Crippen LogP contribution in [0.2, 0.25) is 5.02 Å². The first-order chi connectivity index (χ1) is 21.0. The van der Waals surface area contributed by atoms with Gasteiger partial charge in [0.2, 0.25) is 0 Å². The van der Waals surface area contributed by atoms with E-state index in [1.54, 1.807) is 37.9 Å². The second kappa shape index (κ2) is 13.3. The van der Waals surface area contributed by atoms with Crippen LogP contribution in [0.5, 0.6) is 5.75 Å². The average molecular weight is 635 g/mol. The minimum atomic E-state index is -0.999. The molecule has 1 aliphatic rings. The minimum Gasteiger partial charge on any atom is -0.477 e. The zero-order chi connectivity index (χ0) is 31.4. The Morgan fingerprint density at radius 2 is 1.93 bits per heavy atom. The Balaban J connectivity index is 1.40. The number of nitrogens with zero attached hydrogens (tertiary/aromatic N) is 3. The number of hydrogen-bond acceptors (Lipinski definition) is 7. The maximum Gasteiger partial charge on any atom is 0.414 e. The van der Waals surface area contributed by atoms with Crippen LogP contribution in [0.1, 0.15) is 42.3 Å². The van der Waals surface area contributed by atoms with Crippen molar-refractivity contribution in [2.24, 2.45) is 0 Å². The molecule has 11 heteroatoms. The molecule has 0 spiro atoms. The molecule has 2 heterocycles. The summed E-state index contributed by atoms with van der Waals surface area (Å²) in [5, 5.41) is 17.9. The summed E-state index contributed by atoms with van der Waals surface area (Å²) in [7, 11) is 0. The number of carbonyl (C=O) groups excluding carboxylic acids is 2. The third-order valence-corrected chi connectivity index (χ3v) is 8.57. The van der Waals surface area contributed by atoms with Crippen molar-refractivity contribution in [2.75, 3.05) is 24.6 Å². The standard InChI is InChI=1S/C33H35ClN4O5S/c1-5-42-32(40)38-19-29(43-28-14-8-12-26(34)21(28)2)44-30-25(11-7-13-27(30)38)24-16-36-37(18-24)17-22-9-6-10-23(15-22)31(39)35-20-33(3,4)41/h6-16,18,29,41H,5,17,19-20H2,1-4H3,(H,35,39). The zero-order valence-corrected chi connectivity index (χ0v) is 26.6. The van der Waals surface area contributed by atoms with E-state index in [4.69, 9.17) is 21.1 Å². The molecule has 3 aromatic carbocycles. The third-order valence-electron chi connectivity index (χ3n) is 6.99. The molecule has 9 nitrogen and oxygen atoms in total. The van der Waals surface area contributed by atoms with Crippen LogP contribution in [0.25, 0.3) is 11.1 Å². The summed E-state index contributed by atoms with van der Waals surface area (Å²) in [5.74, 6) is 0.405. The van der Waals surface area contributed by atoms with Gasteiger partial charge in [-0.25, -0.2) is 4.79 Å². The Bertz CT molecular complexity index is 1670. The van der Waals surface area contributed by atoms with Crippen LogP contribution in [0.3, 0.4) is 0 Å². The Kier molecular flexibility index (Phi) is 9.53. The van der Waals surface area contributed by atoms with Crippen LogP contribution in [0, 0.1) is 6.92 Å². The Labute approximate surface area is 266 Å². The topological polar surface area (TPSA) is 106 Å². The summed E-state index contributed by atoms with van der Waals surface area (Å²) >= 11 is 7.88. The molecule has 1 aromatic heterocycles. The number of aromatic nitrogens is 2. The van der Waals surface area contributed by atoms with E-state index in [-0.39, 0.29) is 19.1 Å². The molecule has 4 aromatic rings. The van der Waals surface area contributed by atoms with Crippen LogP contribution in [-0.4, -0.2) is 57.6 Å².